The van der Waals surface area contributed by atoms with Crippen molar-refractivity contribution < 1.29 is 42.3 Å². The number of benzene rings is 2. The van der Waals surface area contributed by atoms with E-state index in [0.29, 0.717) is 24.9 Å². The van der Waals surface area contributed by atoms with Gasteiger partial charge in [-0.1, -0.05) is 60.7 Å². The molecule has 51 heavy (non-hydrogen) atoms. The summed E-state index contributed by atoms with van der Waals surface area (Å²) in [5, 5.41) is 17.0. The smallest absolute Gasteiger partial charge is 0.389 e. The summed E-state index contributed by atoms with van der Waals surface area (Å²) < 4.78 is 40.3. The molecule has 0 aromatic heterocycles. The normalized spacial score (nSPS) is 16.6. The zero-order valence-corrected chi connectivity index (χ0v) is 28.4. The van der Waals surface area contributed by atoms with Crippen LogP contribution in [0.15, 0.2) is 60.7 Å². The predicted molar refractivity (Wildman–Crippen MR) is 183 cm³/mol. The number of nitrogens with zero attached hydrogens (tertiary/aromatic N) is 1. The van der Waals surface area contributed by atoms with Gasteiger partial charge in [-0.3, -0.25) is 24.0 Å². The van der Waals surface area contributed by atoms with Crippen molar-refractivity contribution in [1.29, 1.82) is 0 Å². The second kappa shape index (κ2) is 19.2. The molecule has 1 unspecified atom stereocenters. The summed E-state index contributed by atoms with van der Waals surface area (Å²) >= 11 is 0. The number of carboxylic acid groups (broad SMARTS) is 1. The maximum absolute atomic E-state index is 13.7. The first kappa shape index (κ1) is 40.9. The highest BCUT2D eigenvalue weighted by molar-refractivity contribution is 5.95. The number of rotatable bonds is 18. The highest BCUT2D eigenvalue weighted by Gasteiger charge is 2.41. The summed E-state index contributed by atoms with van der Waals surface area (Å²) in [6.45, 7) is 0.277. The quantitative estimate of drug-likeness (QED) is 0.110. The molecule has 2 aromatic rings. The van der Waals surface area contributed by atoms with Crippen LogP contribution in [0.5, 0.6) is 0 Å². The number of aliphatic carboxylic acids is 1. The lowest BCUT2D eigenvalue weighted by atomic mass is 9.88. The Bertz CT molecular complexity index is 1460. The van der Waals surface area contributed by atoms with Crippen molar-refractivity contribution in [2.45, 2.75) is 93.7 Å². The average Bonchev–Trinajstić information content (AvgIpc) is 3.09. The van der Waals surface area contributed by atoms with Gasteiger partial charge in [0, 0.05) is 25.9 Å². The predicted octanol–water partition coefficient (Wildman–Crippen LogP) is 1.13. The molecule has 1 aliphatic heterocycles. The van der Waals surface area contributed by atoms with E-state index in [1.54, 1.807) is 60.7 Å². The molecule has 0 radical (unpaired) electrons. The second-order valence-corrected chi connectivity index (χ2v) is 12.9. The first-order valence-corrected chi connectivity index (χ1v) is 16.9. The largest absolute Gasteiger partial charge is 0.480 e. The van der Waals surface area contributed by atoms with E-state index in [4.69, 9.17) is 17.2 Å². The molecule has 4 atom stereocenters. The fourth-order valence-corrected chi connectivity index (χ4v) is 5.73. The van der Waals surface area contributed by atoms with E-state index in [1.807, 2.05) is 0 Å². The van der Waals surface area contributed by atoms with Gasteiger partial charge >= 0.3 is 12.1 Å². The van der Waals surface area contributed by atoms with Crippen LogP contribution in [0.1, 0.15) is 56.1 Å². The third-order valence-electron chi connectivity index (χ3n) is 8.86. The molecule has 280 valence electrons. The molecular weight excluding hydrogens is 671 g/mol. The lowest BCUT2D eigenvalue weighted by Gasteiger charge is -2.38. The maximum atomic E-state index is 13.7. The first-order chi connectivity index (χ1) is 24.1. The molecule has 4 amide bonds. The molecule has 0 saturated carbocycles. The lowest BCUT2D eigenvalue weighted by Crippen LogP contribution is -2.60. The molecule has 1 aliphatic rings. The molecule has 13 nitrogen and oxygen atoms in total. The SMILES string of the molecule is NCCCC[C@@H](NC(=O)C(CCC(F)(F)F)NC(=O)[C@@H](Cc1ccccc1)NC(=O)[C@H](N)Cc1ccccc1)C(=O)N1CCC(N)(C(=O)O)CC1. The molecule has 16 heteroatoms. The average molecular weight is 720 g/mol. The van der Waals surface area contributed by atoms with E-state index >= 15 is 0 Å². The van der Waals surface area contributed by atoms with Gasteiger partial charge in [-0.2, -0.15) is 13.2 Å². The number of hydrogen-bond donors (Lipinski definition) is 7. The number of piperidine rings is 1. The monoisotopic (exact) mass is 719 g/mol. The minimum Gasteiger partial charge on any atom is -0.480 e. The van der Waals surface area contributed by atoms with Crippen molar-refractivity contribution in [2.24, 2.45) is 17.2 Å². The van der Waals surface area contributed by atoms with Gasteiger partial charge in [-0.25, -0.2) is 0 Å². The minimum atomic E-state index is -4.67. The van der Waals surface area contributed by atoms with Crippen LogP contribution in [0.3, 0.4) is 0 Å². The Morgan fingerprint density at radius 3 is 1.80 bits per heavy atom. The number of carbonyl (C=O) groups excluding carboxylic acids is 4. The third kappa shape index (κ3) is 13.3. The Labute approximate surface area is 294 Å². The van der Waals surface area contributed by atoms with E-state index < -0.39 is 78.3 Å². The molecule has 3 rings (SSSR count). The molecule has 0 aliphatic carbocycles. The van der Waals surface area contributed by atoms with Crippen LogP contribution in [0.2, 0.25) is 0 Å². The number of carbonyl (C=O) groups is 5. The van der Waals surface area contributed by atoms with Crippen LogP contribution in [-0.2, 0) is 36.8 Å². The van der Waals surface area contributed by atoms with Crippen molar-refractivity contribution in [3.8, 4) is 0 Å². The molecule has 0 spiro atoms. The highest BCUT2D eigenvalue weighted by atomic mass is 19.4. The van der Waals surface area contributed by atoms with E-state index in [0.717, 1.165) is 5.56 Å². The van der Waals surface area contributed by atoms with Gasteiger partial charge in [-0.05, 0) is 62.6 Å². The van der Waals surface area contributed by atoms with Crippen molar-refractivity contribution in [3.05, 3.63) is 71.8 Å². The van der Waals surface area contributed by atoms with Crippen LogP contribution in [0.4, 0.5) is 13.2 Å². The summed E-state index contributed by atoms with van der Waals surface area (Å²) in [4.78, 5) is 67.0. The summed E-state index contributed by atoms with van der Waals surface area (Å²) in [6, 6.07) is 12.2. The van der Waals surface area contributed by atoms with Crippen LogP contribution in [0, 0.1) is 0 Å². The molecular formula is C35H48F3N7O6. The zero-order valence-electron chi connectivity index (χ0n) is 28.4. The van der Waals surface area contributed by atoms with Gasteiger partial charge in [0.25, 0.3) is 0 Å². The Kier molecular flexibility index (Phi) is 15.4. The molecule has 1 fully saturated rings. The standard InChI is InChI=1S/C35H48F3N7O6/c36-35(37,38)15-14-26(30(47)43-27(13-7-8-18-39)32(49)45-19-16-34(41,17-20-45)33(50)51)42-31(48)28(22-24-11-5-2-6-12-24)44-29(46)25(40)21-23-9-3-1-4-10-23/h1-6,9-12,25-28H,7-8,13-22,39-41H2,(H,42,48)(H,43,47)(H,44,46)(H,50,51)/t25-,26?,27-,28-/m1/s1. The van der Waals surface area contributed by atoms with Gasteiger partial charge in [-0.15, -0.1) is 0 Å². The van der Waals surface area contributed by atoms with Gasteiger partial charge < -0.3 is 43.2 Å². The van der Waals surface area contributed by atoms with E-state index in [-0.39, 0.29) is 45.2 Å². The van der Waals surface area contributed by atoms with Crippen molar-refractivity contribution in [3.63, 3.8) is 0 Å². The highest BCUT2D eigenvalue weighted by Crippen LogP contribution is 2.24. The summed E-state index contributed by atoms with van der Waals surface area (Å²) in [5.74, 6) is -4.39. The van der Waals surface area contributed by atoms with Crippen LogP contribution >= 0.6 is 0 Å². The van der Waals surface area contributed by atoms with Gasteiger partial charge in [0.05, 0.1) is 6.04 Å². The Hall–Kier alpha value is -4.54. The fraction of sp³-hybridized carbons (Fsp3) is 0.514. The summed E-state index contributed by atoms with van der Waals surface area (Å²) in [5.41, 5.74) is 17.6. The number of unbranched alkanes of at least 4 members (excludes halogenated alkanes) is 1. The Morgan fingerprint density at radius 1 is 0.765 bits per heavy atom. The number of alkyl halides is 3. The van der Waals surface area contributed by atoms with Gasteiger partial charge in [0.2, 0.25) is 23.6 Å². The minimum absolute atomic E-state index is 0.00754. The van der Waals surface area contributed by atoms with Gasteiger partial charge in [0.1, 0.15) is 23.7 Å². The molecule has 1 saturated heterocycles. The Balaban J connectivity index is 1.81. The van der Waals surface area contributed by atoms with Gasteiger partial charge in [0.15, 0.2) is 0 Å². The number of halogens is 3. The molecule has 2 aromatic carbocycles. The fourth-order valence-electron chi connectivity index (χ4n) is 5.73. The second-order valence-electron chi connectivity index (χ2n) is 12.9. The zero-order chi connectivity index (χ0) is 37.6. The maximum Gasteiger partial charge on any atom is 0.389 e. The first-order valence-electron chi connectivity index (χ1n) is 16.9. The molecule has 0 bridgehead atoms. The van der Waals surface area contributed by atoms with Crippen molar-refractivity contribution in [2.75, 3.05) is 19.6 Å². The van der Waals surface area contributed by atoms with Crippen molar-refractivity contribution >= 4 is 29.6 Å². The van der Waals surface area contributed by atoms with E-state index in [2.05, 4.69) is 16.0 Å². The van der Waals surface area contributed by atoms with Crippen LogP contribution in [-0.4, -0.2) is 95.1 Å². The number of carboxylic acids is 1. The summed E-state index contributed by atoms with van der Waals surface area (Å²) in [6.07, 6.45) is -5.93. The van der Waals surface area contributed by atoms with Crippen LogP contribution < -0.4 is 33.2 Å². The molecule has 10 N–H and O–H groups in total. The number of hydrogen-bond acceptors (Lipinski definition) is 8. The Morgan fingerprint density at radius 2 is 1.27 bits per heavy atom. The topological polar surface area (TPSA) is 223 Å². The number of amides is 4. The van der Waals surface area contributed by atoms with Crippen molar-refractivity contribution in [1.82, 2.24) is 20.9 Å². The number of nitrogens with one attached hydrogen (secondary N) is 3. The number of nitrogens with two attached hydrogens (primary N) is 3. The van der Waals surface area contributed by atoms with E-state index in [9.17, 15) is 42.3 Å². The third-order valence-corrected chi connectivity index (χ3v) is 8.86. The lowest BCUT2D eigenvalue weighted by molar-refractivity contribution is -0.148. The summed E-state index contributed by atoms with van der Waals surface area (Å²) in [7, 11) is 0. The molecule has 1 heterocycles. The van der Waals surface area contributed by atoms with E-state index in [1.165, 1.54) is 4.90 Å². The van der Waals surface area contributed by atoms with Crippen LogP contribution in [0.25, 0.3) is 0 Å². The number of likely N-dealkylation sites (tertiary alicyclic amines) is 1.